The van der Waals surface area contributed by atoms with Crippen LogP contribution in [0.4, 0.5) is 0 Å². The van der Waals surface area contributed by atoms with Crippen LogP contribution in [-0.4, -0.2) is 37.7 Å². The molecule has 4 heterocycles. The van der Waals surface area contributed by atoms with Gasteiger partial charge in [0.05, 0.1) is 11.1 Å². The summed E-state index contributed by atoms with van der Waals surface area (Å²) in [5, 5.41) is 5.26. The molecule has 26 heavy (non-hydrogen) atoms. The number of rotatable bonds is 1. The Labute approximate surface area is 154 Å². The highest BCUT2D eigenvalue weighted by Gasteiger charge is 2.24. The van der Waals surface area contributed by atoms with Crippen LogP contribution in [0.25, 0.3) is 21.7 Å². The molecule has 6 nitrogen and oxygen atoms in total. The molecule has 5 rings (SSSR count). The molecular formula is C19H19N5OS. The SMILES string of the molecule is Cc1ccc(-n2c(C)nn3c(=O)c4c5c(sc4nc23)CN(C)CC5)cc1. The average molecular weight is 365 g/mol. The van der Waals surface area contributed by atoms with Crippen LogP contribution >= 0.6 is 11.3 Å². The first-order valence-electron chi connectivity index (χ1n) is 8.71. The number of hydrogen-bond acceptors (Lipinski definition) is 5. The van der Waals surface area contributed by atoms with Crippen molar-refractivity contribution in [1.29, 1.82) is 0 Å². The first-order valence-corrected chi connectivity index (χ1v) is 9.53. The zero-order valence-corrected chi connectivity index (χ0v) is 15.8. The molecule has 1 aromatic carbocycles. The monoisotopic (exact) mass is 365 g/mol. The van der Waals surface area contributed by atoms with E-state index in [2.05, 4.69) is 36.1 Å². The minimum absolute atomic E-state index is 0.0546. The van der Waals surface area contributed by atoms with Gasteiger partial charge in [0, 0.05) is 18.0 Å². The van der Waals surface area contributed by atoms with Gasteiger partial charge < -0.3 is 4.90 Å². The summed E-state index contributed by atoms with van der Waals surface area (Å²) in [5.74, 6) is 1.33. The van der Waals surface area contributed by atoms with E-state index in [1.54, 1.807) is 11.3 Å². The largest absolute Gasteiger partial charge is 0.301 e. The molecule has 1 aliphatic heterocycles. The van der Waals surface area contributed by atoms with Crippen molar-refractivity contribution < 1.29 is 0 Å². The summed E-state index contributed by atoms with van der Waals surface area (Å²) < 4.78 is 3.41. The average Bonchev–Trinajstić information content (AvgIpc) is 3.13. The van der Waals surface area contributed by atoms with Crippen LogP contribution in [0.15, 0.2) is 29.1 Å². The van der Waals surface area contributed by atoms with Gasteiger partial charge in [-0.3, -0.25) is 9.36 Å². The van der Waals surface area contributed by atoms with Crippen LogP contribution in [0.3, 0.4) is 0 Å². The van der Waals surface area contributed by atoms with E-state index in [4.69, 9.17) is 4.98 Å². The van der Waals surface area contributed by atoms with Crippen molar-refractivity contribution >= 4 is 27.3 Å². The molecule has 0 bridgehead atoms. The van der Waals surface area contributed by atoms with E-state index in [0.717, 1.165) is 46.8 Å². The number of aryl methyl sites for hydroxylation is 2. The molecule has 7 heteroatoms. The Balaban J connectivity index is 1.83. The Morgan fingerprint density at radius 2 is 1.92 bits per heavy atom. The van der Waals surface area contributed by atoms with E-state index < -0.39 is 0 Å². The summed E-state index contributed by atoms with van der Waals surface area (Å²) in [5.41, 5.74) is 3.27. The van der Waals surface area contributed by atoms with E-state index in [1.165, 1.54) is 15.0 Å². The van der Waals surface area contributed by atoms with Gasteiger partial charge in [-0.05, 0) is 45.0 Å². The predicted octanol–water partition coefficient (Wildman–Crippen LogP) is 2.70. The molecule has 3 aromatic heterocycles. The van der Waals surface area contributed by atoms with Crippen molar-refractivity contribution in [3.05, 3.63) is 56.4 Å². The Kier molecular flexibility index (Phi) is 3.32. The van der Waals surface area contributed by atoms with Gasteiger partial charge in [-0.25, -0.2) is 4.98 Å². The van der Waals surface area contributed by atoms with Gasteiger partial charge in [0.1, 0.15) is 10.7 Å². The smallest absolute Gasteiger partial charge is 0.284 e. The van der Waals surface area contributed by atoms with Gasteiger partial charge in [-0.1, -0.05) is 17.7 Å². The lowest BCUT2D eigenvalue weighted by Gasteiger charge is -2.21. The lowest BCUT2D eigenvalue weighted by atomic mass is 10.1. The molecular weight excluding hydrogens is 346 g/mol. The molecule has 132 valence electrons. The minimum atomic E-state index is -0.0546. The van der Waals surface area contributed by atoms with E-state index in [-0.39, 0.29) is 5.56 Å². The van der Waals surface area contributed by atoms with Gasteiger partial charge >= 0.3 is 0 Å². The molecule has 4 aromatic rings. The number of fused-ring (bicyclic) bond motifs is 4. The summed E-state index contributed by atoms with van der Waals surface area (Å²) in [4.78, 5) is 22.4. The summed E-state index contributed by atoms with van der Waals surface area (Å²) in [6.07, 6.45) is 0.895. The van der Waals surface area contributed by atoms with Crippen molar-refractivity contribution in [3.63, 3.8) is 0 Å². The maximum absolute atomic E-state index is 13.2. The molecule has 0 saturated carbocycles. The topological polar surface area (TPSA) is 55.4 Å². The molecule has 0 N–H and O–H groups in total. The first kappa shape index (κ1) is 15.7. The zero-order valence-electron chi connectivity index (χ0n) is 15.0. The van der Waals surface area contributed by atoms with Gasteiger partial charge in [0.2, 0.25) is 5.78 Å². The molecule has 0 saturated heterocycles. The molecule has 0 radical (unpaired) electrons. The second-order valence-electron chi connectivity index (χ2n) is 7.02. The van der Waals surface area contributed by atoms with Crippen molar-refractivity contribution in [1.82, 2.24) is 24.1 Å². The lowest BCUT2D eigenvalue weighted by Crippen LogP contribution is -2.26. The van der Waals surface area contributed by atoms with Crippen LogP contribution < -0.4 is 5.56 Å². The molecule has 0 atom stereocenters. The summed E-state index contributed by atoms with van der Waals surface area (Å²) >= 11 is 1.64. The summed E-state index contributed by atoms with van der Waals surface area (Å²) in [7, 11) is 2.11. The summed E-state index contributed by atoms with van der Waals surface area (Å²) in [6.45, 7) is 5.82. The fourth-order valence-corrected chi connectivity index (χ4v) is 5.00. The van der Waals surface area contributed by atoms with E-state index in [9.17, 15) is 4.79 Å². The molecule has 1 aliphatic rings. The highest BCUT2D eigenvalue weighted by molar-refractivity contribution is 7.18. The Morgan fingerprint density at radius 3 is 2.69 bits per heavy atom. The number of aromatic nitrogens is 4. The Hall–Kier alpha value is -2.51. The van der Waals surface area contributed by atoms with E-state index in [0.29, 0.717) is 5.78 Å². The number of hydrogen-bond donors (Lipinski definition) is 0. The third-order valence-corrected chi connectivity index (χ3v) is 6.20. The molecule has 0 amide bonds. The van der Waals surface area contributed by atoms with Crippen molar-refractivity contribution in [2.24, 2.45) is 0 Å². The molecule has 0 spiro atoms. The normalized spacial score (nSPS) is 15.0. The Morgan fingerprint density at radius 1 is 1.15 bits per heavy atom. The highest BCUT2D eigenvalue weighted by Crippen LogP contribution is 2.32. The highest BCUT2D eigenvalue weighted by atomic mass is 32.1. The van der Waals surface area contributed by atoms with Crippen LogP contribution in [0.1, 0.15) is 21.8 Å². The van der Waals surface area contributed by atoms with E-state index >= 15 is 0 Å². The third-order valence-electron chi connectivity index (χ3n) is 5.09. The first-order chi connectivity index (χ1) is 12.5. The molecule has 0 aliphatic carbocycles. The van der Waals surface area contributed by atoms with Gasteiger partial charge in [0.25, 0.3) is 5.56 Å². The van der Waals surface area contributed by atoms with Crippen molar-refractivity contribution in [2.75, 3.05) is 13.6 Å². The Bertz CT molecular complexity index is 1220. The predicted molar refractivity (Wildman–Crippen MR) is 103 cm³/mol. The minimum Gasteiger partial charge on any atom is -0.301 e. The van der Waals surface area contributed by atoms with Gasteiger partial charge in [-0.2, -0.15) is 4.52 Å². The quantitative estimate of drug-likeness (QED) is 0.520. The second kappa shape index (κ2) is 5.49. The number of nitrogens with zero attached hydrogens (tertiary/aromatic N) is 5. The number of likely N-dealkylation sites (N-methyl/N-ethyl adjacent to an activating group) is 1. The zero-order chi connectivity index (χ0) is 18.0. The maximum Gasteiger partial charge on any atom is 0.284 e. The van der Waals surface area contributed by atoms with Gasteiger partial charge in [0.15, 0.2) is 0 Å². The van der Waals surface area contributed by atoms with Crippen LogP contribution in [0.2, 0.25) is 0 Å². The maximum atomic E-state index is 13.2. The van der Waals surface area contributed by atoms with Crippen LogP contribution in [-0.2, 0) is 13.0 Å². The fraction of sp³-hybridized carbons (Fsp3) is 0.316. The fourth-order valence-electron chi connectivity index (χ4n) is 3.72. The summed E-state index contributed by atoms with van der Waals surface area (Å²) in [6, 6.07) is 8.19. The lowest BCUT2D eigenvalue weighted by molar-refractivity contribution is 0.318. The number of thiophene rings is 1. The number of benzene rings is 1. The van der Waals surface area contributed by atoms with Crippen LogP contribution in [0.5, 0.6) is 0 Å². The second-order valence-corrected chi connectivity index (χ2v) is 8.10. The van der Waals surface area contributed by atoms with Gasteiger partial charge in [-0.15, -0.1) is 16.4 Å². The van der Waals surface area contributed by atoms with E-state index in [1.807, 2.05) is 23.6 Å². The standard InChI is InChI=1S/C19H19N5OS/c1-11-4-6-13(7-5-11)23-12(2)21-24-18(25)16-14-8-9-22(3)10-15(14)26-17(16)20-19(23)24/h4-7H,8-10H2,1-3H3. The van der Waals surface area contributed by atoms with Crippen molar-refractivity contribution in [3.8, 4) is 5.69 Å². The molecule has 0 unspecified atom stereocenters. The molecule has 0 fully saturated rings. The third kappa shape index (κ3) is 2.17. The van der Waals surface area contributed by atoms with Crippen molar-refractivity contribution in [2.45, 2.75) is 26.8 Å². The van der Waals surface area contributed by atoms with Crippen LogP contribution in [0, 0.1) is 13.8 Å².